The summed E-state index contributed by atoms with van der Waals surface area (Å²) >= 11 is 0. The first-order valence-electron chi connectivity index (χ1n) is 9.42. The summed E-state index contributed by atoms with van der Waals surface area (Å²) in [7, 11) is 0. The maximum absolute atomic E-state index is 12.4. The fourth-order valence-corrected chi connectivity index (χ4v) is 3.20. The average Bonchev–Trinajstić information content (AvgIpc) is 2.96. The van der Waals surface area contributed by atoms with Gasteiger partial charge in [0.15, 0.2) is 6.23 Å². The number of nitrogens with zero attached hydrogens (tertiary/aromatic N) is 3. The van der Waals surface area contributed by atoms with E-state index in [0.717, 1.165) is 17.7 Å². The summed E-state index contributed by atoms with van der Waals surface area (Å²) in [5.74, 6) is -0.0151. The van der Waals surface area contributed by atoms with Crippen LogP contribution in [0.25, 0.3) is 6.08 Å². The first kappa shape index (κ1) is 21.4. The molecule has 2 aliphatic heterocycles. The fourth-order valence-electron chi connectivity index (χ4n) is 3.20. The van der Waals surface area contributed by atoms with Crippen molar-refractivity contribution in [3.05, 3.63) is 28.8 Å². The summed E-state index contributed by atoms with van der Waals surface area (Å²) in [5, 5.41) is 22.4. The van der Waals surface area contributed by atoms with Gasteiger partial charge in [0.05, 0.1) is 19.3 Å². The van der Waals surface area contributed by atoms with Gasteiger partial charge in [-0.15, -0.1) is 0 Å². The molecule has 0 saturated carbocycles. The lowest BCUT2D eigenvalue weighted by molar-refractivity contribution is -0.0350. The summed E-state index contributed by atoms with van der Waals surface area (Å²) in [6.07, 6.45) is -2.14. The third kappa shape index (κ3) is 5.00. The van der Waals surface area contributed by atoms with Gasteiger partial charge in [-0.2, -0.15) is 4.98 Å². The Hall–Kier alpha value is -2.31. The van der Waals surface area contributed by atoms with E-state index in [0.29, 0.717) is 25.3 Å². The van der Waals surface area contributed by atoms with Crippen molar-refractivity contribution in [3.8, 4) is 0 Å². The molecule has 11 heteroatoms. The van der Waals surface area contributed by atoms with E-state index in [4.69, 9.17) is 14.2 Å². The number of ether oxygens (including phenoxy) is 3. The maximum atomic E-state index is 12.4. The highest BCUT2D eigenvalue weighted by molar-refractivity contribution is 5.85. The molecule has 0 spiro atoms. The van der Waals surface area contributed by atoms with Crippen molar-refractivity contribution in [3.63, 3.8) is 0 Å². The zero-order chi connectivity index (χ0) is 21.0. The molecule has 2 aliphatic rings. The SMILES string of the molecule is C=Cc1cn([C@@H]2O[C@H](C)[C@@H](O)[C@H]2O)c(=O)nc1NC(=O)OCCN1CCOCC1. The van der Waals surface area contributed by atoms with Gasteiger partial charge in [-0.25, -0.2) is 9.59 Å². The van der Waals surface area contributed by atoms with Crippen LogP contribution in [0.3, 0.4) is 0 Å². The van der Waals surface area contributed by atoms with Crippen molar-refractivity contribution in [1.29, 1.82) is 0 Å². The van der Waals surface area contributed by atoms with Crippen molar-refractivity contribution in [1.82, 2.24) is 14.5 Å². The molecule has 3 rings (SSSR count). The number of anilines is 1. The number of carbonyl (C=O) groups excluding carboxylic acids is 1. The second kappa shape index (κ2) is 9.46. The van der Waals surface area contributed by atoms with E-state index in [1.807, 2.05) is 0 Å². The Kier molecular flexibility index (Phi) is 6.98. The van der Waals surface area contributed by atoms with E-state index in [1.165, 1.54) is 12.3 Å². The van der Waals surface area contributed by atoms with E-state index in [2.05, 4.69) is 21.8 Å². The molecule has 2 fully saturated rings. The van der Waals surface area contributed by atoms with Crippen LogP contribution in [0.2, 0.25) is 0 Å². The molecule has 4 atom stereocenters. The highest BCUT2D eigenvalue weighted by atomic mass is 16.6. The Morgan fingerprint density at radius 1 is 1.41 bits per heavy atom. The van der Waals surface area contributed by atoms with Crippen LogP contribution in [0.5, 0.6) is 0 Å². The van der Waals surface area contributed by atoms with Crippen LogP contribution < -0.4 is 11.0 Å². The molecular formula is C18H26N4O7. The number of hydrogen-bond donors (Lipinski definition) is 3. The summed E-state index contributed by atoms with van der Waals surface area (Å²) in [6.45, 7) is 8.89. The third-order valence-electron chi connectivity index (χ3n) is 4.92. The number of aliphatic hydroxyl groups excluding tert-OH is 2. The van der Waals surface area contributed by atoms with Gasteiger partial charge < -0.3 is 24.4 Å². The van der Waals surface area contributed by atoms with Gasteiger partial charge in [-0.05, 0) is 6.92 Å². The number of aliphatic hydroxyl groups is 2. The molecule has 1 aromatic heterocycles. The Morgan fingerprint density at radius 3 is 2.76 bits per heavy atom. The van der Waals surface area contributed by atoms with Crippen LogP contribution in [-0.2, 0) is 14.2 Å². The molecule has 1 aromatic rings. The van der Waals surface area contributed by atoms with Crippen molar-refractivity contribution in [2.45, 2.75) is 31.5 Å². The van der Waals surface area contributed by atoms with Gasteiger partial charge >= 0.3 is 11.8 Å². The van der Waals surface area contributed by atoms with Gasteiger partial charge in [0.25, 0.3) is 0 Å². The predicted octanol–water partition coefficient (Wildman–Crippen LogP) is -0.594. The maximum Gasteiger partial charge on any atom is 0.412 e. The lowest BCUT2D eigenvalue weighted by atomic mass is 10.1. The lowest BCUT2D eigenvalue weighted by Gasteiger charge is -2.26. The molecule has 11 nitrogen and oxygen atoms in total. The third-order valence-corrected chi connectivity index (χ3v) is 4.92. The molecule has 0 aromatic carbocycles. The fraction of sp³-hybridized carbons (Fsp3) is 0.611. The molecular weight excluding hydrogens is 384 g/mol. The second-order valence-corrected chi connectivity index (χ2v) is 6.87. The monoisotopic (exact) mass is 410 g/mol. The Bertz CT molecular complexity index is 793. The molecule has 0 bridgehead atoms. The quantitative estimate of drug-likeness (QED) is 0.562. The number of morpholine rings is 1. The normalized spacial score (nSPS) is 27.6. The van der Waals surface area contributed by atoms with Crippen molar-refractivity contribution in [2.75, 3.05) is 44.8 Å². The summed E-state index contributed by atoms with van der Waals surface area (Å²) < 4.78 is 16.9. The molecule has 1 amide bonds. The molecule has 0 aliphatic carbocycles. The van der Waals surface area contributed by atoms with E-state index in [1.54, 1.807) is 6.92 Å². The number of hydrogen-bond acceptors (Lipinski definition) is 9. The van der Waals surface area contributed by atoms with Crippen LogP contribution in [0, 0.1) is 0 Å². The van der Waals surface area contributed by atoms with E-state index in [-0.39, 0.29) is 12.4 Å². The van der Waals surface area contributed by atoms with Crippen LogP contribution in [0.15, 0.2) is 17.6 Å². The Balaban J connectivity index is 1.63. The summed E-state index contributed by atoms with van der Waals surface area (Å²) in [6, 6.07) is 0. The van der Waals surface area contributed by atoms with Crippen LogP contribution in [0.1, 0.15) is 18.7 Å². The summed E-state index contributed by atoms with van der Waals surface area (Å²) in [5.41, 5.74) is -0.427. The molecule has 2 saturated heterocycles. The van der Waals surface area contributed by atoms with Gasteiger partial charge in [0.2, 0.25) is 0 Å². The first-order chi connectivity index (χ1) is 13.9. The molecule has 29 heavy (non-hydrogen) atoms. The molecule has 3 N–H and O–H groups in total. The first-order valence-corrected chi connectivity index (χ1v) is 9.42. The minimum atomic E-state index is -1.29. The molecule has 0 radical (unpaired) electrons. The van der Waals surface area contributed by atoms with Crippen LogP contribution in [0.4, 0.5) is 10.6 Å². The lowest BCUT2D eigenvalue weighted by Crippen LogP contribution is -2.38. The molecule has 0 unspecified atom stereocenters. The number of amides is 1. The van der Waals surface area contributed by atoms with Crippen LogP contribution >= 0.6 is 0 Å². The van der Waals surface area contributed by atoms with E-state index >= 15 is 0 Å². The van der Waals surface area contributed by atoms with Gasteiger partial charge in [0, 0.05) is 31.4 Å². The topological polar surface area (TPSA) is 135 Å². The molecule has 160 valence electrons. The van der Waals surface area contributed by atoms with Crippen molar-refractivity contribution < 1.29 is 29.2 Å². The van der Waals surface area contributed by atoms with E-state index in [9.17, 15) is 19.8 Å². The Morgan fingerprint density at radius 2 is 2.14 bits per heavy atom. The van der Waals surface area contributed by atoms with Crippen molar-refractivity contribution >= 4 is 18.0 Å². The van der Waals surface area contributed by atoms with Gasteiger partial charge in [-0.1, -0.05) is 12.7 Å². The number of aromatic nitrogens is 2. The highest BCUT2D eigenvalue weighted by Gasteiger charge is 2.42. The van der Waals surface area contributed by atoms with Crippen molar-refractivity contribution in [2.24, 2.45) is 0 Å². The number of nitrogens with one attached hydrogen (secondary N) is 1. The predicted molar refractivity (Wildman–Crippen MR) is 102 cm³/mol. The highest BCUT2D eigenvalue weighted by Crippen LogP contribution is 2.28. The number of rotatable bonds is 6. The smallest absolute Gasteiger partial charge is 0.412 e. The summed E-state index contributed by atoms with van der Waals surface area (Å²) in [4.78, 5) is 30.4. The largest absolute Gasteiger partial charge is 0.448 e. The Labute approximate surface area is 167 Å². The standard InChI is InChI=1S/C18H26N4O7/c1-3-12-10-22(16-14(24)13(23)11(2)29-16)17(25)19-15(12)20-18(26)28-9-6-21-4-7-27-8-5-21/h3,10-11,13-14,16,23-24H,1,4-9H2,2H3,(H,19,20,25,26)/t11-,13-,14-,16-/m1/s1. The zero-order valence-electron chi connectivity index (χ0n) is 16.2. The van der Waals surface area contributed by atoms with Gasteiger partial charge in [0.1, 0.15) is 24.6 Å². The minimum absolute atomic E-state index is 0.0151. The molecule has 3 heterocycles. The minimum Gasteiger partial charge on any atom is -0.448 e. The number of carbonyl (C=O) groups is 1. The van der Waals surface area contributed by atoms with Crippen LogP contribution in [-0.4, -0.2) is 88.5 Å². The average molecular weight is 410 g/mol. The zero-order valence-corrected chi connectivity index (χ0v) is 16.2. The van der Waals surface area contributed by atoms with Gasteiger partial charge in [-0.3, -0.25) is 14.8 Å². The van der Waals surface area contributed by atoms with E-state index < -0.39 is 36.3 Å². The second-order valence-electron chi connectivity index (χ2n) is 6.87.